The number of carbonyl (C=O) groups is 1. The van der Waals surface area contributed by atoms with Gasteiger partial charge in [-0.05, 0) is 18.2 Å². The maximum Gasteiger partial charge on any atom is 0.253 e. The van der Waals surface area contributed by atoms with Crippen LogP contribution in [-0.2, 0) is 0 Å². The fourth-order valence-corrected chi connectivity index (χ4v) is 2.46. The molecule has 1 aliphatic rings. The number of hydrogen-bond donors (Lipinski definition) is 0. The highest BCUT2D eigenvalue weighted by atomic mass is 16.7. The molecular weight excluding hydrogens is 282 g/mol. The molecule has 1 amide bonds. The lowest BCUT2D eigenvalue weighted by Gasteiger charge is -2.14. The zero-order chi connectivity index (χ0) is 15.7. The quantitative estimate of drug-likeness (QED) is 0.874. The molecule has 5 nitrogen and oxygen atoms in total. The van der Waals surface area contributed by atoms with E-state index in [1.807, 2.05) is 30.3 Å². The number of amides is 1. The van der Waals surface area contributed by atoms with Gasteiger partial charge < -0.3 is 19.1 Å². The van der Waals surface area contributed by atoms with Gasteiger partial charge in [-0.1, -0.05) is 18.2 Å². The number of nitrogens with zero attached hydrogens (tertiary/aromatic N) is 1. The first-order chi connectivity index (χ1) is 10.6. The summed E-state index contributed by atoms with van der Waals surface area (Å²) >= 11 is 0. The molecule has 0 saturated heterocycles. The Labute approximate surface area is 129 Å². The summed E-state index contributed by atoms with van der Waals surface area (Å²) in [5, 5.41) is 0. The third-order valence-electron chi connectivity index (χ3n) is 3.52. The van der Waals surface area contributed by atoms with Crippen LogP contribution in [0.3, 0.4) is 0 Å². The maximum atomic E-state index is 12.3. The zero-order valence-corrected chi connectivity index (χ0v) is 12.8. The van der Waals surface area contributed by atoms with E-state index in [0.29, 0.717) is 17.1 Å². The second kappa shape index (κ2) is 5.60. The van der Waals surface area contributed by atoms with Crippen LogP contribution in [0.1, 0.15) is 10.4 Å². The number of hydrogen-bond acceptors (Lipinski definition) is 4. The topological polar surface area (TPSA) is 48.0 Å². The monoisotopic (exact) mass is 299 g/mol. The summed E-state index contributed by atoms with van der Waals surface area (Å²) in [5.74, 6) is 1.84. The summed E-state index contributed by atoms with van der Waals surface area (Å²) in [6, 6.07) is 11.1. The Morgan fingerprint density at radius 1 is 1.14 bits per heavy atom. The van der Waals surface area contributed by atoms with Crippen LogP contribution in [-0.4, -0.2) is 38.8 Å². The molecule has 1 heterocycles. The third-order valence-corrected chi connectivity index (χ3v) is 3.52. The van der Waals surface area contributed by atoms with Gasteiger partial charge in [0.1, 0.15) is 5.75 Å². The predicted octanol–water partition coefficient (Wildman–Crippen LogP) is 2.79. The largest absolute Gasteiger partial charge is 0.496 e. The highest BCUT2D eigenvalue weighted by molar-refractivity contribution is 5.97. The molecule has 1 aliphatic heterocycles. The summed E-state index contributed by atoms with van der Waals surface area (Å²) < 4.78 is 16.5. The van der Waals surface area contributed by atoms with E-state index in [4.69, 9.17) is 14.2 Å². The van der Waals surface area contributed by atoms with Crippen molar-refractivity contribution in [3.05, 3.63) is 42.0 Å². The lowest BCUT2D eigenvalue weighted by molar-refractivity contribution is 0.0827. The lowest BCUT2D eigenvalue weighted by atomic mass is 9.99. The van der Waals surface area contributed by atoms with Gasteiger partial charge in [-0.25, -0.2) is 0 Å². The van der Waals surface area contributed by atoms with Gasteiger partial charge >= 0.3 is 0 Å². The molecule has 2 aromatic carbocycles. The molecule has 0 radical (unpaired) electrons. The number of methoxy groups -OCH3 is 1. The first kappa shape index (κ1) is 14.3. The summed E-state index contributed by atoms with van der Waals surface area (Å²) in [6.45, 7) is 0.150. The number of fused-ring (bicyclic) bond motifs is 1. The van der Waals surface area contributed by atoms with Crippen molar-refractivity contribution in [2.75, 3.05) is 28.0 Å². The molecule has 0 N–H and O–H groups in total. The predicted molar refractivity (Wildman–Crippen MR) is 82.6 cm³/mol. The van der Waals surface area contributed by atoms with Crippen LogP contribution >= 0.6 is 0 Å². The van der Waals surface area contributed by atoms with Crippen LogP contribution in [0.5, 0.6) is 17.2 Å². The number of rotatable bonds is 3. The average Bonchev–Trinajstić information content (AvgIpc) is 3.01. The van der Waals surface area contributed by atoms with Crippen molar-refractivity contribution in [2.24, 2.45) is 0 Å². The van der Waals surface area contributed by atoms with Gasteiger partial charge in [0.05, 0.1) is 7.11 Å². The molecule has 0 saturated carbocycles. The van der Waals surface area contributed by atoms with E-state index < -0.39 is 0 Å². The van der Waals surface area contributed by atoms with Gasteiger partial charge in [0, 0.05) is 30.8 Å². The average molecular weight is 299 g/mol. The van der Waals surface area contributed by atoms with Crippen LogP contribution in [0.4, 0.5) is 0 Å². The normalized spacial score (nSPS) is 12.1. The van der Waals surface area contributed by atoms with E-state index in [1.54, 1.807) is 27.3 Å². The maximum absolute atomic E-state index is 12.3. The van der Waals surface area contributed by atoms with Gasteiger partial charge in [0.25, 0.3) is 5.91 Å². The Morgan fingerprint density at radius 2 is 1.91 bits per heavy atom. The van der Waals surface area contributed by atoms with Crippen LogP contribution in [0, 0.1) is 0 Å². The van der Waals surface area contributed by atoms with E-state index in [1.165, 1.54) is 4.90 Å². The smallest absolute Gasteiger partial charge is 0.253 e. The SMILES string of the molecule is COc1ccccc1-c1cc(C(=O)N(C)C)cc2c1OCO2. The van der Waals surface area contributed by atoms with E-state index in [2.05, 4.69) is 0 Å². The van der Waals surface area contributed by atoms with Crippen LogP contribution in [0.15, 0.2) is 36.4 Å². The van der Waals surface area contributed by atoms with Crippen molar-refractivity contribution < 1.29 is 19.0 Å². The van der Waals surface area contributed by atoms with E-state index in [9.17, 15) is 4.79 Å². The van der Waals surface area contributed by atoms with Gasteiger partial charge in [0.2, 0.25) is 6.79 Å². The number of ether oxygens (including phenoxy) is 3. The summed E-state index contributed by atoms with van der Waals surface area (Å²) in [5.41, 5.74) is 2.20. The molecule has 114 valence electrons. The standard InChI is InChI=1S/C17H17NO4/c1-18(2)17(19)11-8-13(16-15(9-11)21-10-22-16)12-6-4-5-7-14(12)20-3/h4-9H,10H2,1-3H3. The van der Waals surface area contributed by atoms with Crippen molar-refractivity contribution >= 4 is 5.91 Å². The molecule has 2 aromatic rings. The molecular formula is C17H17NO4. The second-order valence-corrected chi connectivity index (χ2v) is 5.16. The third kappa shape index (κ3) is 2.35. The van der Waals surface area contributed by atoms with Crippen molar-refractivity contribution in [3.63, 3.8) is 0 Å². The van der Waals surface area contributed by atoms with Crippen LogP contribution in [0.2, 0.25) is 0 Å². The zero-order valence-electron chi connectivity index (χ0n) is 12.8. The minimum atomic E-state index is -0.0885. The summed E-state index contributed by atoms with van der Waals surface area (Å²) in [4.78, 5) is 13.8. The molecule has 0 aliphatic carbocycles. The van der Waals surface area contributed by atoms with Gasteiger partial charge in [0.15, 0.2) is 11.5 Å². The molecule has 0 fully saturated rings. The van der Waals surface area contributed by atoms with Gasteiger partial charge in [-0.2, -0.15) is 0 Å². The fourth-order valence-electron chi connectivity index (χ4n) is 2.46. The molecule has 0 spiro atoms. The van der Waals surface area contributed by atoms with E-state index in [0.717, 1.165) is 16.9 Å². The van der Waals surface area contributed by atoms with Gasteiger partial charge in [-0.15, -0.1) is 0 Å². The molecule has 0 unspecified atom stereocenters. The van der Waals surface area contributed by atoms with Crippen molar-refractivity contribution in [1.82, 2.24) is 4.90 Å². The highest BCUT2D eigenvalue weighted by Crippen LogP contribution is 2.45. The van der Waals surface area contributed by atoms with E-state index >= 15 is 0 Å². The first-order valence-electron chi connectivity index (χ1n) is 6.90. The summed E-state index contributed by atoms with van der Waals surface area (Å²) in [6.07, 6.45) is 0. The highest BCUT2D eigenvalue weighted by Gasteiger charge is 2.24. The Bertz CT molecular complexity index is 725. The molecule has 22 heavy (non-hydrogen) atoms. The first-order valence-corrected chi connectivity index (χ1v) is 6.90. The second-order valence-electron chi connectivity index (χ2n) is 5.16. The minimum absolute atomic E-state index is 0.0885. The molecule has 0 aromatic heterocycles. The fraction of sp³-hybridized carbons (Fsp3) is 0.235. The van der Waals surface area contributed by atoms with Crippen LogP contribution in [0.25, 0.3) is 11.1 Å². The Morgan fingerprint density at radius 3 is 2.64 bits per heavy atom. The van der Waals surface area contributed by atoms with Crippen molar-refractivity contribution in [1.29, 1.82) is 0 Å². The summed E-state index contributed by atoms with van der Waals surface area (Å²) in [7, 11) is 5.05. The number of benzene rings is 2. The van der Waals surface area contributed by atoms with Crippen molar-refractivity contribution in [2.45, 2.75) is 0 Å². The van der Waals surface area contributed by atoms with E-state index in [-0.39, 0.29) is 12.7 Å². The Balaban J connectivity index is 2.20. The lowest BCUT2D eigenvalue weighted by Crippen LogP contribution is -2.21. The Hall–Kier alpha value is -2.69. The Kier molecular flexibility index (Phi) is 3.63. The van der Waals surface area contributed by atoms with Crippen LogP contribution < -0.4 is 14.2 Å². The minimum Gasteiger partial charge on any atom is -0.496 e. The van der Waals surface area contributed by atoms with Crippen molar-refractivity contribution in [3.8, 4) is 28.4 Å². The molecule has 0 bridgehead atoms. The molecule has 0 atom stereocenters. The molecule has 3 rings (SSSR count). The van der Waals surface area contributed by atoms with Gasteiger partial charge in [-0.3, -0.25) is 4.79 Å². The number of para-hydroxylation sites is 1. The molecule has 5 heteroatoms. The number of carbonyl (C=O) groups excluding carboxylic acids is 1.